The number of aromatic nitrogens is 1. The Hall–Kier alpha value is -1.75. The van der Waals surface area contributed by atoms with E-state index in [9.17, 15) is 4.79 Å². The summed E-state index contributed by atoms with van der Waals surface area (Å²) in [7, 11) is 2.03. The zero-order chi connectivity index (χ0) is 13.1. The largest absolute Gasteiger partial charge is 0.417 e. The number of nitrogens with zero attached hydrogens (tertiary/aromatic N) is 1. The Bertz CT molecular complexity index is 571. The topological polar surface area (TPSA) is 75.3 Å². The van der Waals surface area contributed by atoms with E-state index in [0.29, 0.717) is 5.58 Å². The molecular weight excluding hydrogens is 230 g/mol. The Morgan fingerprint density at radius 1 is 1.50 bits per heavy atom. The van der Waals surface area contributed by atoms with E-state index < -0.39 is 5.76 Å². The summed E-state index contributed by atoms with van der Waals surface area (Å²) in [5, 5.41) is 0. The molecule has 98 valence electrons. The quantitative estimate of drug-likeness (QED) is 0.845. The van der Waals surface area contributed by atoms with Crippen molar-refractivity contribution in [1.82, 2.24) is 4.98 Å². The first-order valence-electron chi connectivity index (χ1n) is 6.16. The minimum atomic E-state index is -0.415. The molecule has 0 aliphatic heterocycles. The van der Waals surface area contributed by atoms with E-state index in [4.69, 9.17) is 10.2 Å². The molecule has 0 saturated heterocycles. The molecule has 1 aromatic heterocycles. The second-order valence-electron chi connectivity index (χ2n) is 4.74. The van der Waals surface area contributed by atoms with Gasteiger partial charge in [-0.25, -0.2) is 4.79 Å². The van der Waals surface area contributed by atoms with Crippen molar-refractivity contribution in [2.75, 3.05) is 18.5 Å². The molecule has 0 saturated carbocycles. The third kappa shape index (κ3) is 2.92. The minimum Gasteiger partial charge on any atom is -0.408 e. The average Bonchev–Trinajstić information content (AvgIpc) is 2.67. The lowest BCUT2D eigenvalue weighted by Gasteiger charge is -2.19. The van der Waals surface area contributed by atoms with Gasteiger partial charge < -0.3 is 15.1 Å². The van der Waals surface area contributed by atoms with Crippen LogP contribution in [0, 0.1) is 0 Å². The third-order valence-electron chi connectivity index (χ3n) is 3.00. The van der Waals surface area contributed by atoms with E-state index in [-0.39, 0.29) is 6.04 Å². The summed E-state index contributed by atoms with van der Waals surface area (Å²) in [6.07, 6.45) is 2.06. The predicted octanol–water partition coefficient (Wildman–Crippen LogP) is 1.68. The number of nitrogens with one attached hydrogen (secondary N) is 1. The van der Waals surface area contributed by atoms with Crippen molar-refractivity contribution in [3.05, 3.63) is 28.7 Å². The van der Waals surface area contributed by atoms with Crippen LogP contribution < -0.4 is 16.4 Å². The highest BCUT2D eigenvalue weighted by molar-refractivity contribution is 5.77. The van der Waals surface area contributed by atoms with Gasteiger partial charge in [0.1, 0.15) is 0 Å². The first-order valence-corrected chi connectivity index (χ1v) is 6.16. The van der Waals surface area contributed by atoms with Crippen molar-refractivity contribution in [2.45, 2.75) is 25.8 Å². The average molecular weight is 249 g/mol. The Kier molecular flexibility index (Phi) is 3.72. The fourth-order valence-electron chi connectivity index (χ4n) is 1.96. The summed E-state index contributed by atoms with van der Waals surface area (Å²) in [6, 6.07) is 5.92. The number of fused-ring (bicyclic) bond motifs is 1. The van der Waals surface area contributed by atoms with Gasteiger partial charge in [0.2, 0.25) is 0 Å². The van der Waals surface area contributed by atoms with Gasteiger partial charge in [-0.3, -0.25) is 4.98 Å². The second kappa shape index (κ2) is 5.27. The summed E-state index contributed by atoms with van der Waals surface area (Å²) in [5.74, 6) is -0.415. The highest BCUT2D eigenvalue weighted by Crippen LogP contribution is 2.19. The fraction of sp³-hybridized carbons (Fsp3) is 0.462. The van der Waals surface area contributed by atoms with Gasteiger partial charge in [0.15, 0.2) is 5.58 Å². The van der Waals surface area contributed by atoms with E-state index >= 15 is 0 Å². The van der Waals surface area contributed by atoms with Gasteiger partial charge in [-0.05, 0) is 38.0 Å². The SMILES string of the molecule is CC(N)CCCN(C)c1ccc2oc(=O)[nH]c2c1. The van der Waals surface area contributed by atoms with Crippen LogP contribution in [0.25, 0.3) is 11.1 Å². The summed E-state index contributed by atoms with van der Waals surface area (Å²) in [4.78, 5) is 15.9. The minimum absolute atomic E-state index is 0.242. The number of H-pyrrole nitrogens is 1. The Labute approximate surface area is 106 Å². The summed E-state index contributed by atoms with van der Waals surface area (Å²) >= 11 is 0. The van der Waals surface area contributed by atoms with Gasteiger partial charge in [-0.15, -0.1) is 0 Å². The van der Waals surface area contributed by atoms with E-state index in [1.807, 2.05) is 32.2 Å². The third-order valence-corrected chi connectivity index (χ3v) is 3.00. The summed E-state index contributed by atoms with van der Waals surface area (Å²) < 4.78 is 4.97. The molecule has 0 aliphatic carbocycles. The van der Waals surface area contributed by atoms with Gasteiger partial charge in [-0.1, -0.05) is 0 Å². The molecule has 0 amide bonds. The molecule has 0 bridgehead atoms. The molecule has 1 atom stereocenters. The maximum atomic E-state index is 11.1. The van der Waals surface area contributed by atoms with Crippen molar-refractivity contribution in [3.63, 3.8) is 0 Å². The van der Waals surface area contributed by atoms with Gasteiger partial charge in [0.05, 0.1) is 5.52 Å². The van der Waals surface area contributed by atoms with Crippen LogP contribution in [-0.4, -0.2) is 24.6 Å². The van der Waals surface area contributed by atoms with Crippen LogP contribution in [-0.2, 0) is 0 Å². The number of nitrogens with two attached hydrogens (primary N) is 1. The number of benzene rings is 1. The molecule has 0 aliphatic rings. The lowest BCUT2D eigenvalue weighted by atomic mass is 10.2. The van der Waals surface area contributed by atoms with Crippen LogP contribution in [0.5, 0.6) is 0 Å². The first kappa shape index (κ1) is 12.7. The predicted molar refractivity (Wildman–Crippen MR) is 73.0 cm³/mol. The number of aromatic amines is 1. The van der Waals surface area contributed by atoms with Gasteiger partial charge in [-0.2, -0.15) is 0 Å². The summed E-state index contributed by atoms with van der Waals surface area (Å²) in [5.41, 5.74) is 8.11. The number of hydrogen-bond acceptors (Lipinski definition) is 4. The van der Waals surface area contributed by atoms with E-state index in [1.165, 1.54) is 0 Å². The first-order chi connectivity index (χ1) is 8.56. The normalized spacial score (nSPS) is 12.8. The monoisotopic (exact) mass is 249 g/mol. The Balaban J connectivity index is 2.07. The second-order valence-corrected chi connectivity index (χ2v) is 4.74. The summed E-state index contributed by atoms with van der Waals surface area (Å²) in [6.45, 7) is 2.96. The van der Waals surface area contributed by atoms with Crippen molar-refractivity contribution < 1.29 is 4.42 Å². The van der Waals surface area contributed by atoms with Crippen molar-refractivity contribution >= 4 is 16.8 Å². The van der Waals surface area contributed by atoms with Crippen LogP contribution in [0.3, 0.4) is 0 Å². The lowest BCUT2D eigenvalue weighted by molar-refractivity contribution is 0.555. The van der Waals surface area contributed by atoms with Crippen LogP contribution in [0.1, 0.15) is 19.8 Å². The molecule has 1 aromatic carbocycles. The molecule has 5 nitrogen and oxygen atoms in total. The number of anilines is 1. The molecule has 5 heteroatoms. The molecule has 2 aromatic rings. The molecule has 1 heterocycles. The molecule has 0 radical (unpaired) electrons. The highest BCUT2D eigenvalue weighted by atomic mass is 16.4. The maximum Gasteiger partial charge on any atom is 0.417 e. The van der Waals surface area contributed by atoms with Crippen LogP contribution >= 0.6 is 0 Å². The lowest BCUT2D eigenvalue weighted by Crippen LogP contribution is -2.21. The molecule has 1 unspecified atom stereocenters. The van der Waals surface area contributed by atoms with Crippen LogP contribution in [0.15, 0.2) is 27.4 Å². The van der Waals surface area contributed by atoms with Gasteiger partial charge >= 0.3 is 5.76 Å². The molecular formula is C13H19N3O2. The molecule has 0 spiro atoms. The maximum absolute atomic E-state index is 11.1. The van der Waals surface area contributed by atoms with Crippen LogP contribution in [0.4, 0.5) is 5.69 Å². The van der Waals surface area contributed by atoms with Crippen LogP contribution in [0.2, 0.25) is 0 Å². The Morgan fingerprint density at radius 3 is 3.00 bits per heavy atom. The van der Waals surface area contributed by atoms with E-state index in [1.54, 1.807) is 0 Å². The van der Waals surface area contributed by atoms with Gasteiger partial charge in [0, 0.05) is 25.3 Å². The smallest absolute Gasteiger partial charge is 0.408 e. The van der Waals surface area contributed by atoms with Gasteiger partial charge in [0.25, 0.3) is 0 Å². The molecule has 2 rings (SSSR count). The number of oxazole rings is 1. The molecule has 3 N–H and O–H groups in total. The number of hydrogen-bond donors (Lipinski definition) is 2. The van der Waals surface area contributed by atoms with E-state index in [2.05, 4.69) is 9.88 Å². The number of rotatable bonds is 5. The standard InChI is InChI=1S/C13H19N3O2/c1-9(14)4-3-7-16(2)10-5-6-12-11(8-10)15-13(17)18-12/h5-6,8-9H,3-4,7,14H2,1-2H3,(H,15,17). The van der Waals surface area contributed by atoms with Crippen molar-refractivity contribution in [3.8, 4) is 0 Å². The molecule has 18 heavy (non-hydrogen) atoms. The van der Waals surface area contributed by atoms with E-state index in [0.717, 1.165) is 30.6 Å². The van der Waals surface area contributed by atoms with Crippen molar-refractivity contribution in [2.24, 2.45) is 5.73 Å². The molecule has 0 fully saturated rings. The van der Waals surface area contributed by atoms with Crippen molar-refractivity contribution in [1.29, 1.82) is 0 Å². The zero-order valence-electron chi connectivity index (χ0n) is 10.8. The Morgan fingerprint density at radius 2 is 2.28 bits per heavy atom. The zero-order valence-corrected chi connectivity index (χ0v) is 10.8. The highest BCUT2D eigenvalue weighted by Gasteiger charge is 2.05. The fourth-order valence-corrected chi connectivity index (χ4v) is 1.96.